The minimum atomic E-state index is 0.488. The molecule has 0 spiro atoms. The zero-order valence-electron chi connectivity index (χ0n) is 10.1. The standard InChI is InChI=1S/C13H9Cl2N3S2/c14-10-6-9(11(15)20-10)12-16-13(19)18(17-12)7-8-4-2-1-3-5-8/h1-6H,7H2,(H,16,17,19). The van der Waals surface area contributed by atoms with Gasteiger partial charge in [-0.1, -0.05) is 53.5 Å². The molecule has 0 aliphatic heterocycles. The van der Waals surface area contributed by atoms with E-state index in [4.69, 9.17) is 35.4 Å². The van der Waals surface area contributed by atoms with Crippen LogP contribution in [0.3, 0.4) is 0 Å². The molecule has 0 unspecified atom stereocenters. The molecule has 0 saturated heterocycles. The molecular weight excluding hydrogens is 333 g/mol. The van der Waals surface area contributed by atoms with Crippen LogP contribution in [0.1, 0.15) is 5.56 Å². The molecule has 0 aliphatic carbocycles. The van der Waals surface area contributed by atoms with Crippen molar-refractivity contribution < 1.29 is 0 Å². The quantitative estimate of drug-likeness (QED) is 0.678. The fourth-order valence-corrected chi connectivity index (χ4v) is 3.52. The van der Waals surface area contributed by atoms with Gasteiger partial charge in [0.25, 0.3) is 0 Å². The minimum absolute atomic E-state index is 0.488. The Bertz CT molecular complexity index is 790. The van der Waals surface area contributed by atoms with E-state index in [2.05, 4.69) is 10.1 Å². The molecule has 0 bridgehead atoms. The van der Waals surface area contributed by atoms with Crippen LogP contribution in [0, 0.1) is 4.77 Å². The number of rotatable bonds is 3. The summed E-state index contributed by atoms with van der Waals surface area (Å²) in [6.07, 6.45) is 0. The van der Waals surface area contributed by atoms with E-state index in [9.17, 15) is 0 Å². The second-order valence-electron chi connectivity index (χ2n) is 4.16. The Morgan fingerprint density at radius 3 is 2.65 bits per heavy atom. The van der Waals surface area contributed by atoms with Crippen LogP contribution in [0.25, 0.3) is 11.4 Å². The number of nitrogens with zero attached hydrogens (tertiary/aromatic N) is 2. The zero-order chi connectivity index (χ0) is 14.1. The Balaban J connectivity index is 1.96. The van der Waals surface area contributed by atoms with Gasteiger partial charge < -0.3 is 0 Å². The minimum Gasteiger partial charge on any atom is -0.279 e. The molecule has 2 aromatic heterocycles. The van der Waals surface area contributed by atoms with Gasteiger partial charge in [0.15, 0.2) is 5.82 Å². The summed E-state index contributed by atoms with van der Waals surface area (Å²) in [5, 5.41) is 3.17. The number of H-pyrrole nitrogens is 1. The molecule has 102 valence electrons. The van der Waals surface area contributed by atoms with Crippen molar-refractivity contribution in [3.8, 4) is 11.4 Å². The van der Waals surface area contributed by atoms with Gasteiger partial charge in [0, 0.05) is 5.56 Å². The molecule has 20 heavy (non-hydrogen) atoms. The van der Waals surface area contributed by atoms with Gasteiger partial charge in [0.1, 0.15) is 4.34 Å². The fraction of sp³-hybridized carbons (Fsp3) is 0.0769. The molecule has 0 radical (unpaired) electrons. The number of thiophene rings is 1. The van der Waals surface area contributed by atoms with Crippen LogP contribution in [0.5, 0.6) is 0 Å². The first-order valence-corrected chi connectivity index (χ1v) is 7.77. The summed E-state index contributed by atoms with van der Waals surface area (Å²) in [4.78, 5) is 4.34. The monoisotopic (exact) mass is 341 g/mol. The molecular formula is C13H9Cl2N3S2. The van der Waals surface area contributed by atoms with Gasteiger partial charge in [0.2, 0.25) is 4.77 Å². The smallest absolute Gasteiger partial charge is 0.216 e. The summed E-state index contributed by atoms with van der Waals surface area (Å²) in [5.41, 5.74) is 1.92. The van der Waals surface area contributed by atoms with E-state index in [-0.39, 0.29) is 0 Å². The predicted octanol–water partition coefficient (Wildman–Crippen LogP) is 5.02. The van der Waals surface area contributed by atoms with Crippen molar-refractivity contribution in [2.45, 2.75) is 6.54 Å². The number of nitrogens with one attached hydrogen (secondary N) is 1. The maximum Gasteiger partial charge on any atom is 0.216 e. The first kappa shape index (κ1) is 13.8. The van der Waals surface area contributed by atoms with Gasteiger partial charge in [0.05, 0.1) is 10.9 Å². The van der Waals surface area contributed by atoms with Crippen molar-refractivity contribution in [2.75, 3.05) is 0 Å². The van der Waals surface area contributed by atoms with Crippen LogP contribution in [-0.2, 0) is 6.54 Å². The van der Waals surface area contributed by atoms with Crippen molar-refractivity contribution >= 4 is 46.8 Å². The topological polar surface area (TPSA) is 33.6 Å². The molecule has 1 N–H and O–H groups in total. The summed E-state index contributed by atoms with van der Waals surface area (Å²) in [6, 6.07) is 11.8. The Labute approximate surface area is 134 Å². The largest absolute Gasteiger partial charge is 0.279 e. The lowest BCUT2D eigenvalue weighted by Crippen LogP contribution is -2.01. The van der Waals surface area contributed by atoms with E-state index in [1.807, 2.05) is 35.0 Å². The molecule has 0 atom stereocenters. The molecule has 2 heterocycles. The van der Waals surface area contributed by atoms with Crippen LogP contribution in [0.2, 0.25) is 8.67 Å². The number of aromatic nitrogens is 3. The first-order valence-electron chi connectivity index (χ1n) is 5.79. The van der Waals surface area contributed by atoms with Crippen molar-refractivity contribution in [2.24, 2.45) is 0 Å². The van der Waals surface area contributed by atoms with E-state index < -0.39 is 0 Å². The molecule has 0 fully saturated rings. The van der Waals surface area contributed by atoms with E-state index in [1.54, 1.807) is 6.07 Å². The summed E-state index contributed by atoms with van der Waals surface area (Å²) >= 11 is 18.7. The van der Waals surface area contributed by atoms with Gasteiger partial charge in [-0.25, -0.2) is 0 Å². The lowest BCUT2D eigenvalue weighted by Gasteiger charge is -2.01. The highest BCUT2D eigenvalue weighted by atomic mass is 35.5. The molecule has 7 heteroatoms. The third-order valence-electron chi connectivity index (χ3n) is 2.77. The molecule has 3 nitrogen and oxygen atoms in total. The average molecular weight is 342 g/mol. The highest BCUT2D eigenvalue weighted by molar-refractivity contribution is 7.71. The van der Waals surface area contributed by atoms with Gasteiger partial charge in [-0.05, 0) is 23.8 Å². The molecule has 3 aromatic rings. The van der Waals surface area contributed by atoms with E-state index in [0.29, 0.717) is 25.8 Å². The maximum absolute atomic E-state index is 6.13. The average Bonchev–Trinajstić information content (AvgIpc) is 2.94. The lowest BCUT2D eigenvalue weighted by molar-refractivity contribution is 0.677. The van der Waals surface area contributed by atoms with Crippen molar-refractivity contribution in [1.82, 2.24) is 14.8 Å². The Hall–Kier alpha value is -1.14. The Kier molecular flexibility index (Phi) is 3.94. The van der Waals surface area contributed by atoms with Gasteiger partial charge >= 0.3 is 0 Å². The highest BCUT2D eigenvalue weighted by Crippen LogP contribution is 2.36. The predicted molar refractivity (Wildman–Crippen MR) is 86.3 cm³/mol. The lowest BCUT2D eigenvalue weighted by atomic mass is 10.2. The van der Waals surface area contributed by atoms with Gasteiger partial charge in [-0.3, -0.25) is 9.78 Å². The normalized spacial score (nSPS) is 10.9. The summed E-state index contributed by atoms with van der Waals surface area (Å²) in [7, 11) is 0. The first-order chi connectivity index (χ1) is 9.63. The zero-order valence-corrected chi connectivity index (χ0v) is 13.3. The number of hydrogen-bond donors (Lipinski definition) is 1. The van der Waals surface area contributed by atoms with Crippen LogP contribution >= 0.6 is 46.8 Å². The second-order valence-corrected chi connectivity index (χ2v) is 6.82. The second kappa shape index (κ2) is 5.69. The summed E-state index contributed by atoms with van der Waals surface area (Å²) in [5.74, 6) is 0.638. The third kappa shape index (κ3) is 2.81. The van der Waals surface area contributed by atoms with Crippen LogP contribution in [0.4, 0.5) is 0 Å². The number of hydrogen-bond acceptors (Lipinski definition) is 3. The van der Waals surface area contributed by atoms with Gasteiger partial charge in [-0.2, -0.15) is 4.98 Å². The molecule has 1 aromatic carbocycles. The van der Waals surface area contributed by atoms with Crippen molar-refractivity contribution in [3.63, 3.8) is 0 Å². The van der Waals surface area contributed by atoms with Gasteiger partial charge in [-0.15, -0.1) is 11.3 Å². The SMILES string of the molecule is S=c1nc(-c2cc(Cl)sc2Cl)[nH]n1Cc1ccccc1. The van der Waals surface area contributed by atoms with Crippen LogP contribution < -0.4 is 0 Å². The van der Waals surface area contributed by atoms with E-state index in [1.165, 1.54) is 11.3 Å². The van der Waals surface area contributed by atoms with Crippen molar-refractivity contribution in [3.05, 3.63) is 55.4 Å². The Morgan fingerprint density at radius 1 is 1.25 bits per heavy atom. The summed E-state index contributed by atoms with van der Waals surface area (Å²) in [6.45, 7) is 0.641. The number of benzene rings is 1. The Morgan fingerprint density at radius 2 is 2.00 bits per heavy atom. The molecule has 0 amide bonds. The molecule has 0 aliphatic rings. The molecule has 0 saturated carbocycles. The fourth-order valence-electron chi connectivity index (χ4n) is 1.85. The maximum atomic E-state index is 6.13. The number of halogens is 2. The van der Waals surface area contributed by atoms with Crippen LogP contribution in [-0.4, -0.2) is 14.8 Å². The van der Waals surface area contributed by atoms with E-state index in [0.717, 1.165) is 11.1 Å². The van der Waals surface area contributed by atoms with Crippen LogP contribution in [0.15, 0.2) is 36.4 Å². The number of aromatic amines is 1. The van der Waals surface area contributed by atoms with E-state index >= 15 is 0 Å². The highest BCUT2D eigenvalue weighted by Gasteiger charge is 2.12. The summed E-state index contributed by atoms with van der Waals surface area (Å²) < 4.78 is 3.52. The van der Waals surface area contributed by atoms with Crippen molar-refractivity contribution in [1.29, 1.82) is 0 Å². The molecule has 3 rings (SSSR count). The third-order valence-corrected chi connectivity index (χ3v) is 4.57.